The maximum Gasteiger partial charge on any atom is 0.195 e. The zero-order chi connectivity index (χ0) is 22.1. The van der Waals surface area contributed by atoms with E-state index in [0.29, 0.717) is 24.9 Å². The lowest BCUT2D eigenvalue weighted by Crippen LogP contribution is -2.46. The maximum absolute atomic E-state index is 5.57. The van der Waals surface area contributed by atoms with E-state index in [2.05, 4.69) is 49.5 Å². The minimum atomic E-state index is 0.591. The van der Waals surface area contributed by atoms with Crippen molar-refractivity contribution in [3.8, 4) is 11.5 Å². The molecule has 0 spiro atoms. The van der Waals surface area contributed by atoms with Gasteiger partial charge in [0.15, 0.2) is 17.5 Å². The summed E-state index contributed by atoms with van der Waals surface area (Å²) in [6.07, 6.45) is 1.93. The molecule has 8 heteroatoms. The first-order chi connectivity index (χ1) is 15.2. The van der Waals surface area contributed by atoms with Gasteiger partial charge in [0, 0.05) is 57.7 Å². The van der Waals surface area contributed by atoms with Crippen molar-refractivity contribution in [2.45, 2.75) is 20.4 Å². The summed E-state index contributed by atoms with van der Waals surface area (Å²) in [5.74, 6) is 3.12. The molecule has 2 aromatic rings. The Morgan fingerprint density at radius 3 is 2.52 bits per heavy atom. The Morgan fingerprint density at radius 1 is 1.10 bits per heavy atom. The topological polar surface area (TPSA) is 74.3 Å². The molecule has 1 aliphatic rings. The summed E-state index contributed by atoms with van der Waals surface area (Å²) >= 11 is 0. The van der Waals surface area contributed by atoms with Gasteiger partial charge in [0.05, 0.1) is 13.7 Å². The largest absolute Gasteiger partial charge is 0.493 e. The van der Waals surface area contributed by atoms with Crippen LogP contribution in [0.2, 0.25) is 0 Å². The molecule has 0 aliphatic carbocycles. The molecule has 0 amide bonds. The number of aliphatic imine (C=N–C) groups is 1. The van der Waals surface area contributed by atoms with Gasteiger partial charge >= 0.3 is 0 Å². The van der Waals surface area contributed by atoms with Crippen LogP contribution in [0.5, 0.6) is 11.5 Å². The van der Waals surface area contributed by atoms with Crippen molar-refractivity contribution in [1.29, 1.82) is 0 Å². The number of methoxy groups -OCH3 is 1. The summed E-state index contributed by atoms with van der Waals surface area (Å²) in [7, 11) is 3.38. The third kappa shape index (κ3) is 6.24. The number of benzene rings is 1. The minimum absolute atomic E-state index is 0.591. The fraction of sp³-hybridized carbons (Fsp3) is 0.478. The van der Waals surface area contributed by atoms with Crippen LogP contribution in [-0.2, 0) is 6.54 Å². The quantitative estimate of drug-likeness (QED) is 0.497. The van der Waals surface area contributed by atoms with Gasteiger partial charge in [-0.2, -0.15) is 0 Å². The van der Waals surface area contributed by atoms with Gasteiger partial charge in [0.2, 0.25) is 0 Å². The van der Waals surface area contributed by atoms with Crippen LogP contribution in [0.3, 0.4) is 0 Å². The monoisotopic (exact) mass is 426 g/mol. The molecular weight excluding hydrogens is 392 g/mol. The van der Waals surface area contributed by atoms with Gasteiger partial charge in [-0.1, -0.05) is 13.0 Å². The lowest BCUT2D eigenvalue weighted by atomic mass is 10.2. The molecular formula is C23H34N6O2. The highest BCUT2D eigenvalue weighted by molar-refractivity contribution is 5.93. The number of guanidine groups is 1. The molecule has 1 saturated heterocycles. The van der Waals surface area contributed by atoms with Crippen LogP contribution in [-0.4, -0.2) is 69.3 Å². The Bertz CT molecular complexity index is 848. The van der Waals surface area contributed by atoms with E-state index in [-0.39, 0.29) is 0 Å². The van der Waals surface area contributed by atoms with Crippen LogP contribution >= 0.6 is 0 Å². The molecule has 1 aromatic heterocycles. The molecule has 0 atom stereocenters. The van der Waals surface area contributed by atoms with Crippen LogP contribution in [0, 0.1) is 0 Å². The third-order valence-electron chi connectivity index (χ3n) is 5.36. The van der Waals surface area contributed by atoms with Crippen LogP contribution in [0.1, 0.15) is 19.4 Å². The predicted molar refractivity (Wildman–Crippen MR) is 127 cm³/mol. The standard InChI is InChI=1S/C23H34N6O2/c1-5-28-11-13-29(14-12-28)22-10-7-18(16-25-22)17-26-23(24-3)27-19-8-9-20(31-6-2)21(15-19)30-4/h7-10,15-16H,5-6,11-14,17H2,1-4H3,(H2,24,26,27). The van der Waals surface area contributed by atoms with Gasteiger partial charge in [-0.15, -0.1) is 0 Å². The van der Waals surface area contributed by atoms with Crippen molar-refractivity contribution < 1.29 is 9.47 Å². The second-order valence-electron chi connectivity index (χ2n) is 7.30. The highest BCUT2D eigenvalue weighted by Gasteiger charge is 2.16. The van der Waals surface area contributed by atoms with E-state index in [4.69, 9.17) is 9.47 Å². The molecule has 168 valence electrons. The number of nitrogens with one attached hydrogen (secondary N) is 2. The summed E-state index contributed by atoms with van der Waals surface area (Å²) in [6, 6.07) is 9.95. The molecule has 1 fully saturated rings. The van der Waals surface area contributed by atoms with Crippen LogP contribution < -0.4 is 25.0 Å². The molecule has 2 heterocycles. The summed E-state index contributed by atoms with van der Waals surface area (Å²) in [4.78, 5) is 13.8. The normalized spacial score (nSPS) is 15.0. The number of pyridine rings is 1. The number of nitrogens with zero attached hydrogens (tertiary/aromatic N) is 4. The van der Waals surface area contributed by atoms with E-state index in [9.17, 15) is 0 Å². The summed E-state index contributed by atoms with van der Waals surface area (Å²) < 4.78 is 11.0. The van der Waals surface area contributed by atoms with E-state index >= 15 is 0 Å². The van der Waals surface area contributed by atoms with Gasteiger partial charge < -0.3 is 29.9 Å². The van der Waals surface area contributed by atoms with Crippen molar-refractivity contribution in [2.75, 3.05) is 63.7 Å². The number of aromatic nitrogens is 1. The van der Waals surface area contributed by atoms with E-state index in [0.717, 1.165) is 55.5 Å². The predicted octanol–water partition coefficient (Wildman–Crippen LogP) is 2.82. The second kappa shape index (κ2) is 11.4. The highest BCUT2D eigenvalue weighted by atomic mass is 16.5. The van der Waals surface area contributed by atoms with E-state index < -0.39 is 0 Å². The van der Waals surface area contributed by atoms with E-state index in [1.165, 1.54) is 0 Å². The summed E-state index contributed by atoms with van der Waals surface area (Å²) in [5, 5.41) is 6.62. The van der Waals surface area contributed by atoms with Gasteiger partial charge in [-0.05, 0) is 37.2 Å². The van der Waals surface area contributed by atoms with Gasteiger partial charge in [0.25, 0.3) is 0 Å². The average Bonchev–Trinajstić information content (AvgIpc) is 2.83. The fourth-order valence-corrected chi connectivity index (χ4v) is 3.52. The zero-order valence-electron chi connectivity index (χ0n) is 19.0. The summed E-state index contributed by atoms with van der Waals surface area (Å²) in [5.41, 5.74) is 1.97. The molecule has 0 bridgehead atoms. The first kappa shape index (κ1) is 22.7. The number of likely N-dealkylation sites (N-methyl/N-ethyl adjacent to an activating group) is 1. The van der Waals surface area contributed by atoms with Gasteiger partial charge in [-0.3, -0.25) is 4.99 Å². The Kier molecular flexibility index (Phi) is 8.35. The highest BCUT2D eigenvalue weighted by Crippen LogP contribution is 2.30. The first-order valence-electron chi connectivity index (χ1n) is 10.9. The van der Waals surface area contributed by atoms with Crippen LogP contribution in [0.25, 0.3) is 0 Å². The Morgan fingerprint density at radius 2 is 1.90 bits per heavy atom. The molecule has 3 rings (SSSR count). The zero-order valence-corrected chi connectivity index (χ0v) is 19.0. The van der Waals surface area contributed by atoms with Gasteiger partial charge in [0.1, 0.15) is 5.82 Å². The first-order valence-corrected chi connectivity index (χ1v) is 10.9. The number of ether oxygens (including phenoxy) is 2. The van der Waals surface area contributed by atoms with Crippen molar-refractivity contribution in [3.05, 3.63) is 42.1 Å². The lowest BCUT2D eigenvalue weighted by molar-refractivity contribution is 0.270. The molecule has 2 N–H and O–H groups in total. The number of anilines is 2. The third-order valence-corrected chi connectivity index (χ3v) is 5.36. The number of rotatable bonds is 8. The van der Waals surface area contributed by atoms with Crippen molar-refractivity contribution >= 4 is 17.5 Å². The molecule has 1 aromatic carbocycles. The molecule has 0 unspecified atom stereocenters. The van der Waals surface area contributed by atoms with Crippen molar-refractivity contribution in [3.63, 3.8) is 0 Å². The van der Waals surface area contributed by atoms with Gasteiger partial charge in [-0.25, -0.2) is 4.98 Å². The number of hydrogen-bond acceptors (Lipinski definition) is 6. The Hall–Kier alpha value is -3.00. The molecule has 1 aliphatic heterocycles. The molecule has 0 saturated carbocycles. The number of piperazine rings is 1. The number of hydrogen-bond donors (Lipinski definition) is 2. The summed E-state index contributed by atoms with van der Waals surface area (Å²) in [6.45, 7) is 10.8. The maximum atomic E-state index is 5.57. The lowest BCUT2D eigenvalue weighted by Gasteiger charge is -2.34. The Labute approximate surface area is 185 Å². The smallest absolute Gasteiger partial charge is 0.195 e. The molecule has 31 heavy (non-hydrogen) atoms. The van der Waals surface area contributed by atoms with Crippen LogP contribution in [0.4, 0.5) is 11.5 Å². The molecule has 8 nitrogen and oxygen atoms in total. The molecule has 0 radical (unpaired) electrons. The average molecular weight is 427 g/mol. The Balaban J connectivity index is 1.54. The van der Waals surface area contributed by atoms with Crippen molar-refractivity contribution in [1.82, 2.24) is 15.2 Å². The SMILES string of the molecule is CCOc1ccc(NC(=NC)NCc2ccc(N3CCN(CC)CC3)nc2)cc1OC. The van der Waals surface area contributed by atoms with E-state index in [1.54, 1.807) is 14.2 Å². The van der Waals surface area contributed by atoms with Crippen LogP contribution in [0.15, 0.2) is 41.5 Å². The van der Waals surface area contributed by atoms with E-state index in [1.807, 2.05) is 31.3 Å². The second-order valence-corrected chi connectivity index (χ2v) is 7.30. The minimum Gasteiger partial charge on any atom is -0.493 e. The van der Waals surface area contributed by atoms with Crippen molar-refractivity contribution in [2.24, 2.45) is 4.99 Å². The fourth-order valence-electron chi connectivity index (χ4n) is 3.52.